The van der Waals surface area contributed by atoms with Gasteiger partial charge in [0, 0.05) is 28.4 Å². The maximum absolute atomic E-state index is 13.2. The Bertz CT molecular complexity index is 1220. The molecular formula is C24H21N3O3. The molecule has 2 heterocycles. The Morgan fingerprint density at radius 3 is 2.57 bits per heavy atom. The number of anilines is 1. The van der Waals surface area contributed by atoms with Crippen LogP contribution in [0.3, 0.4) is 0 Å². The molecule has 2 aromatic carbocycles. The Hall–Kier alpha value is -3.93. The number of nitrogens with zero attached hydrogens (tertiary/aromatic N) is 2. The summed E-state index contributed by atoms with van der Waals surface area (Å²) in [6, 6.07) is 21.8. The zero-order valence-electron chi connectivity index (χ0n) is 16.5. The number of hydrogen-bond donors (Lipinski definition) is 1. The minimum Gasteiger partial charge on any atom is -0.494 e. The Morgan fingerprint density at radius 1 is 1.03 bits per heavy atom. The van der Waals surface area contributed by atoms with Gasteiger partial charge < -0.3 is 14.6 Å². The maximum Gasteiger partial charge on any atom is 0.277 e. The van der Waals surface area contributed by atoms with Gasteiger partial charge in [0.25, 0.3) is 11.5 Å². The summed E-state index contributed by atoms with van der Waals surface area (Å²) in [5.74, 6) is 0.455. The summed E-state index contributed by atoms with van der Waals surface area (Å²) in [5.41, 5.74) is 1.97. The van der Waals surface area contributed by atoms with Gasteiger partial charge >= 0.3 is 0 Å². The van der Waals surface area contributed by atoms with Crippen molar-refractivity contribution in [2.75, 3.05) is 11.5 Å². The molecule has 1 amide bonds. The van der Waals surface area contributed by atoms with Gasteiger partial charge in [0.2, 0.25) is 0 Å². The van der Waals surface area contributed by atoms with Crippen LogP contribution in [0.1, 0.15) is 23.0 Å². The first-order valence-corrected chi connectivity index (χ1v) is 9.72. The number of hydrogen-bond acceptors (Lipinski definition) is 4. The first kappa shape index (κ1) is 19.4. The van der Waals surface area contributed by atoms with Crippen LogP contribution in [0, 0.1) is 0 Å². The highest BCUT2D eigenvalue weighted by Crippen LogP contribution is 2.22. The van der Waals surface area contributed by atoms with E-state index in [9.17, 15) is 9.59 Å². The van der Waals surface area contributed by atoms with Gasteiger partial charge in [-0.1, -0.05) is 24.3 Å². The van der Waals surface area contributed by atoms with E-state index in [0.29, 0.717) is 23.6 Å². The lowest BCUT2D eigenvalue weighted by Crippen LogP contribution is -2.33. The SMILES string of the molecule is CCOc1ccc2[nH]c(=O)c(CN(C(=O)c3ccccn3)c3ccccc3)cc2c1. The second kappa shape index (κ2) is 8.61. The molecule has 0 saturated heterocycles. The van der Waals surface area contributed by atoms with Crippen LogP contribution in [-0.2, 0) is 6.54 Å². The van der Waals surface area contributed by atoms with Crippen molar-refractivity contribution in [1.82, 2.24) is 9.97 Å². The molecule has 0 aliphatic heterocycles. The van der Waals surface area contributed by atoms with Crippen LogP contribution < -0.4 is 15.2 Å². The Balaban J connectivity index is 1.75. The Kier molecular flexibility index (Phi) is 5.57. The molecule has 0 unspecified atom stereocenters. The molecule has 0 fully saturated rings. The van der Waals surface area contributed by atoms with Crippen molar-refractivity contribution < 1.29 is 9.53 Å². The number of para-hydroxylation sites is 1. The van der Waals surface area contributed by atoms with Gasteiger partial charge in [-0.05, 0) is 55.5 Å². The Morgan fingerprint density at radius 2 is 1.83 bits per heavy atom. The second-order valence-electron chi connectivity index (χ2n) is 6.75. The number of ether oxygens (including phenoxy) is 1. The predicted octanol–water partition coefficient (Wildman–Crippen LogP) is 4.17. The third-order valence-corrected chi connectivity index (χ3v) is 4.73. The quantitative estimate of drug-likeness (QED) is 0.528. The van der Waals surface area contributed by atoms with Gasteiger partial charge in [0.1, 0.15) is 11.4 Å². The monoisotopic (exact) mass is 399 g/mol. The lowest BCUT2D eigenvalue weighted by molar-refractivity contribution is 0.0980. The van der Waals surface area contributed by atoms with Crippen molar-refractivity contribution in [2.45, 2.75) is 13.5 Å². The number of fused-ring (bicyclic) bond motifs is 1. The number of pyridine rings is 2. The predicted molar refractivity (Wildman–Crippen MR) is 117 cm³/mol. The second-order valence-corrected chi connectivity index (χ2v) is 6.75. The number of H-pyrrole nitrogens is 1. The number of nitrogens with one attached hydrogen (secondary N) is 1. The van der Waals surface area contributed by atoms with E-state index in [1.165, 1.54) is 0 Å². The zero-order valence-corrected chi connectivity index (χ0v) is 16.5. The maximum atomic E-state index is 13.2. The van der Waals surface area contributed by atoms with Crippen LogP contribution in [-0.4, -0.2) is 22.5 Å². The summed E-state index contributed by atoms with van der Waals surface area (Å²) in [7, 11) is 0. The van der Waals surface area contributed by atoms with E-state index in [1.807, 2.05) is 55.5 Å². The molecule has 6 nitrogen and oxygen atoms in total. The molecule has 6 heteroatoms. The van der Waals surface area contributed by atoms with Gasteiger partial charge in [-0.25, -0.2) is 0 Å². The molecule has 0 spiro atoms. The minimum absolute atomic E-state index is 0.115. The lowest BCUT2D eigenvalue weighted by atomic mass is 10.1. The molecule has 0 atom stereocenters. The van der Waals surface area contributed by atoms with Crippen molar-refractivity contribution in [3.63, 3.8) is 0 Å². The lowest BCUT2D eigenvalue weighted by Gasteiger charge is -2.22. The number of amides is 1. The van der Waals surface area contributed by atoms with Crippen LogP contribution in [0.5, 0.6) is 5.75 Å². The van der Waals surface area contributed by atoms with E-state index < -0.39 is 0 Å². The van der Waals surface area contributed by atoms with E-state index in [2.05, 4.69) is 9.97 Å². The summed E-state index contributed by atoms with van der Waals surface area (Å²) < 4.78 is 5.57. The summed E-state index contributed by atoms with van der Waals surface area (Å²) in [6.45, 7) is 2.59. The molecule has 2 aromatic heterocycles. The molecule has 30 heavy (non-hydrogen) atoms. The average molecular weight is 399 g/mol. The largest absolute Gasteiger partial charge is 0.494 e. The van der Waals surface area contributed by atoms with Crippen molar-refractivity contribution in [3.8, 4) is 5.75 Å². The molecule has 0 bridgehead atoms. The number of aromatic nitrogens is 2. The first-order chi connectivity index (χ1) is 14.7. The molecule has 1 N–H and O–H groups in total. The molecule has 0 aliphatic rings. The Labute approximate surface area is 173 Å². The number of rotatable bonds is 6. The highest BCUT2D eigenvalue weighted by Gasteiger charge is 2.20. The van der Waals surface area contributed by atoms with E-state index >= 15 is 0 Å². The van der Waals surface area contributed by atoms with Gasteiger partial charge in [-0.3, -0.25) is 14.6 Å². The van der Waals surface area contributed by atoms with Crippen molar-refractivity contribution in [3.05, 3.63) is 101 Å². The fraction of sp³-hybridized carbons (Fsp3) is 0.125. The summed E-state index contributed by atoms with van der Waals surface area (Å²) in [5, 5.41) is 0.842. The van der Waals surface area contributed by atoms with Gasteiger partial charge in [-0.2, -0.15) is 0 Å². The van der Waals surface area contributed by atoms with E-state index in [1.54, 1.807) is 35.4 Å². The third kappa shape index (κ3) is 4.07. The third-order valence-electron chi connectivity index (χ3n) is 4.73. The zero-order chi connectivity index (χ0) is 20.9. The number of aromatic amines is 1. The van der Waals surface area contributed by atoms with Gasteiger partial charge in [0.15, 0.2) is 0 Å². The highest BCUT2D eigenvalue weighted by molar-refractivity contribution is 6.04. The van der Waals surface area contributed by atoms with Crippen LogP contribution in [0.4, 0.5) is 5.69 Å². The van der Waals surface area contributed by atoms with E-state index in [-0.39, 0.29) is 18.0 Å². The van der Waals surface area contributed by atoms with Gasteiger partial charge in [0.05, 0.1) is 13.2 Å². The van der Waals surface area contributed by atoms with E-state index in [4.69, 9.17) is 4.74 Å². The number of carbonyl (C=O) groups is 1. The molecule has 4 aromatic rings. The standard InChI is InChI=1S/C24H21N3O3/c1-2-30-20-11-12-21-17(15-20)14-18(23(28)26-21)16-27(19-8-4-3-5-9-19)24(29)22-10-6-7-13-25-22/h3-15H,2,16H2,1H3,(H,26,28). The highest BCUT2D eigenvalue weighted by atomic mass is 16.5. The summed E-state index contributed by atoms with van der Waals surface area (Å²) >= 11 is 0. The molecular weight excluding hydrogens is 378 g/mol. The van der Waals surface area contributed by atoms with Crippen LogP contribution in [0.2, 0.25) is 0 Å². The first-order valence-electron chi connectivity index (χ1n) is 9.72. The molecule has 0 saturated carbocycles. The van der Waals surface area contributed by atoms with Crippen LogP contribution in [0.25, 0.3) is 10.9 Å². The molecule has 150 valence electrons. The van der Waals surface area contributed by atoms with Crippen LogP contribution >= 0.6 is 0 Å². The number of benzene rings is 2. The fourth-order valence-corrected chi connectivity index (χ4v) is 3.29. The average Bonchev–Trinajstić information content (AvgIpc) is 2.79. The normalized spacial score (nSPS) is 10.7. The van der Waals surface area contributed by atoms with Crippen molar-refractivity contribution >= 4 is 22.5 Å². The minimum atomic E-state index is -0.274. The molecule has 4 rings (SSSR count). The molecule has 0 radical (unpaired) electrons. The topological polar surface area (TPSA) is 75.3 Å². The van der Waals surface area contributed by atoms with Crippen molar-refractivity contribution in [2.24, 2.45) is 0 Å². The smallest absolute Gasteiger partial charge is 0.277 e. The number of carbonyl (C=O) groups excluding carboxylic acids is 1. The van der Waals surface area contributed by atoms with E-state index in [0.717, 1.165) is 16.7 Å². The fourth-order valence-electron chi connectivity index (χ4n) is 3.29. The van der Waals surface area contributed by atoms with Crippen molar-refractivity contribution in [1.29, 1.82) is 0 Å². The van der Waals surface area contributed by atoms with Gasteiger partial charge in [-0.15, -0.1) is 0 Å². The summed E-state index contributed by atoms with van der Waals surface area (Å²) in [4.78, 5) is 34.6. The molecule has 0 aliphatic carbocycles. The summed E-state index contributed by atoms with van der Waals surface area (Å²) in [6.07, 6.45) is 1.58. The van der Waals surface area contributed by atoms with Crippen LogP contribution in [0.15, 0.2) is 83.8 Å².